The average Bonchev–Trinajstić information content (AvgIpc) is 2.19. The summed E-state index contributed by atoms with van der Waals surface area (Å²) in [7, 11) is 0. The van der Waals surface area contributed by atoms with Crippen molar-refractivity contribution in [1.82, 2.24) is 9.97 Å². The number of aromatic amines is 1. The first-order chi connectivity index (χ1) is 6.75. The lowest BCUT2D eigenvalue weighted by atomic mass is 9.82. The fourth-order valence-corrected chi connectivity index (χ4v) is 2.13. The smallest absolute Gasteiger partial charge is 0.250 e. The molecule has 0 aromatic carbocycles. The van der Waals surface area contributed by atoms with Gasteiger partial charge in [-0.1, -0.05) is 19.8 Å². The van der Waals surface area contributed by atoms with E-state index in [1.165, 1.54) is 18.9 Å². The van der Waals surface area contributed by atoms with Crippen LogP contribution in [-0.4, -0.2) is 9.97 Å². The normalized spacial score (nSPS) is 27.5. The Morgan fingerprint density at radius 1 is 1.36 bits per heavy atom. The minimum absolute atomic E-state index is 0.0337. The van der Waals surface area contributed by atoms with Gasteiger partial charge in [0.2, 0.25) is 0 Å². The summed E-state index contributed by atoms with van der Waals surface area (Å²) in [6, 6.07) is 1.47. The minimum Gasteiger partial charge on any atom is -0.310 e. The monoisotopic (exact) mass is 192 g/mol. The lowest BCUT2D eigenvalue weighted by molar-refractivity contribution is 0.339. The first kappa shape index (κ1) is 9.44. The number of hydrogen-bond donors (Lipinski definition) is 1. The summed E-state index contributed by atoms with van der Waals surface area (Å²) in [5.74, 6) is 2.19. The van der Waals surface area contributed by atoms with Crippen LogP contribution in [0.4, 0.5) is 0 Å². The highest BCUT2D eigenvalue weighted by molar-refractivity contribution is 4.98. The van der Waals surface area contributed by atoms with E-state index < -0.39 is 0 Å². The highest BCUT2D eigenvalue weighted by Gasteiger charge is 2.20. The quantitative estimate of drug-likeness (QED) is 0.740. The van der Waals surface area contributed by atoms with Gasteiger partial charge in [0.1, 0.15) is 5.82 Å². The van der Waals surface area contributed by atoms with Crippen molar-refractivity contribution in [3.8, 4) is 0 Å². The molecule has 1 aliphatic rings. The molecule has 0 bridgehead atoms. The lowest BCUT2D eigenvalue weighted by Gasteiger charge is -2.24. The Morgan fingerprint density at radius 2 is 2.07 bits per heavy atom. The van der Waals surface area contributed by atoms with Gasteiger partial charge in [0.15, 0.2) is 0 Å². The van der Waals surface area contributed by atoms with E-state index in [9.17, 15) is 4.79 Å². The lowest BCUT2D eigenvalue weighted by Crippen LogP contribution is -2.17. The van der Waals surface area contributed by atoms with Crippen LogP contribution in [0.1, 0.15) is 44.3 Å². The van der Waals surface area contributed by atoms with E-state index in [2.05, 4.69) is 16.9 Å². The molecule has 2 rings (SSSR count). The molecule has 0 amide bonds. The van der Waals surface area contributed by atoms with Crippen molar-refractivity contribution in [2.75, 3.05) is 0 Å². The molecule has 1 heterocycles. The van der Waals surface area contributed by atoms with Gasteiger partial charge in [0.05, 0.1) is 0 Å². The Bertz CT molecular complexity index is 350. The van der Waals surface area contributed by atoms with Gasteiger partial charge in [-0.25, -0.2) is 4.98 Å². The Kier molecular flexibility index (Phi) is 2.66. The van der Waals surface area contributed by atoms with E-state index >= 15 is 0 Å². The number of rotatable bonds is 1. The topological polar surface area (TPSA) is 45.8 Å². The fourth-order valence-electron chi connectivity index (χ4n) is 2.13. The summed E-state index contributed by atoms with van der Waals surface area (Å²) in [4.78, 5) is 18.2. The number of H-pyrrole nitrogens is 1. The van der Waals surface area contributed by atoms with Crippen LogP contribution < -0.4 is 5.56 Å². The van der Waals surface area contributed by atoms with Gasteiger partial charge >= 0.3 is 0 Å². The third kappa shape index (κ3) is 2.03. The predicted octanol–water partition coefficient (Wildman–Crippen LogP) is 2.06. The molecule has 1 saturated carbocycles. The number of nitrogens with one attached hydrogen (secondary N) is 1. The average molecular weight is 192 g/mol. The summed E-state index contributed by atoms with van der Waals surface area (Å²) < 4.78 is 0. The molecule has 0 aliphatic heterocycles. The highest BCUT2D eigenvalue weighted by atomic mass is 16.1. The highest BCUT2D eigenvalue weighted by Crippen LogP contribution is 2.33. The zero-order chi connectivity index (χ0) is 9.97. The van der Waals surface area contributed by atoms with Crippen molar-refractivity contribution < 1.29 is 0 Å². The first-order valence-electron chi connectivity index (χ1n) is 5.31. The van der Waals surface area contributed by atoms with Crippen molar-refractivity contribution in [2.24, 2.45) is 5.92 Å². The molecule has 1 N–H and O–H groups in total. The van der Waals surface area contributed by atoms with E-state index in [1.807, 2.05) is 0 Å². The van der Waals surface area contributed by atoms with Crippen LogP contribution in [0, 0.1) is 5.92 Å². The maximum atomic E-state index is 11.1. The van der Waals surface area contributed by atoms with Crippen molar-refractivity contribution >= 4 is 0 Å². The van der Waals surface area contributed by atoms with Crippen molar-refractivity contribution in [3.05, 3.63) is 28.4 Å². The third-order valence-corrected chi connectivity index (χ3v) is 3.09. The van der Waals surface area contributed by atoms with E-state index in [0.29, 0.717) is 5.92 Å². The van der Waals surface area contributed by atoms with E-state index in [0.717, 1.165) is 24.6 Å². The molecule has 1 aliphatic carbocycles. The Morgan fingerprint density at radius 3 is 2.71 bits per heavy atom. The second kappa shape index (κ2) is 3.95. The molecular weight excluding hydrogens is 176 g/mol. The van der Waals surface area contributed by atoms with Gasteiger partial charge in [-0.15, -0.1) is 0 Å². The summed E-state index contributed by atoms with van der Waals surface area (Å²) in [6.07, 6.45) is 6.43. The second-order valence-corrected chi connectivity index (χ2v) is 4.28. The number of nitrogens with zero attached hydrogens (tertiary/aromatic N) is 1. The first-order valence-corrected chi connectivity index (χ1v) is 5.31. The summed E-state index contributed by atoms with van der Waals surface area (Å²) in [5.41, 5.74) is -0.0337. The van der Waals surface area contributed by atoms with Crippen LogP contribution in [0.15, 0.2) is 17.1 Å². The largest absolute Gasteiger partial charge is 0.310 e. The van der Waals surface area contributed by atoms with Crippen molar-refractivity contribution in [3.63, 3.8) is 0 Å². The van der Waals surface area contributed by atoms with Crippen LogP contribution in [-0.2, 0) is 0 Å². The van der Waals surface area contributed by atoms with Gasteiger partial charge in [0, 0.05) is 18.2 Å². The van der Waals surface area contributed by atoms with E-state index in [-0.39, 0.29) is 5.56 Å². The predicted molar refractivity (Wildman–Crippen MR) is 55.2 cm³/mol. The Labute approximate surface area is 83.6 Å². The summed E-state index contributed by atoms with van der Waals surface area (Å²) >= 11 is 0. The minimum atomic E-state index is -0.0337. The van der Waals surface area contributed by atoms with Gasteiger partial charge in [-0.2, -0.15) is 0 Å². The zero-order valence-electron chi connectivity index (χ0n) is 8.49. The third-order valence-electron chi connectivity index (χ3n) is 3.09. The summed E-state index contributed by atoms with van der Waals surface area (Å²) in [6.45, 7) is 2.29. The van der Waals surface area contributed by atoms with Crippen LogP contribution in [0.5, 0.6) is 0 Å². The summed E-state index contributed by atoms with van der Waals surface area (Å²) in [5, 5.41) is 0. The molecule has 0 atom stereocenters. The molecule has 1 aromatic rings. The maximum Gasteiger partial charge on any atom is 0.250 e. The van der Waals surface area contributed by atoms with Gasteiger partial charge < -0.3 is 4.98 Å². The molecule has 0 unspecified atom stereocenters. The molecule has 3 nitrogen and oxygen atoms in total. The maximum absolute atomic E-state index is 11.1. The van der Waals surface area contributed by atoms with Gasteiger partial charge in [-0.05, 0) is 18.8 Å². The SMILES string of the molecule is CC1CCC(c2nccc(=O)[nH]2)CC1. The zero-order valence-corrected chi connectivity index (χ0v) is 8.49. The van der Waals surface area contributed by atoms with Gasteiger partial charge in [0.25, 0.3) is 5.56 Å². The molecule has 76 valence electrons. The molecule has 14 heavy (non-hydrogen) atoms. The van der Waals surface area contributed by atoms with E-state index in [4.69, 9.17) is 0 Å². The van der Waals surface area contributed by atoms with Crippen LogP contribution >= 0.6 is 0 Å². The molecule has 0 saturated heterocycles. The fraction of sp³-hybridized carbons (Fsp3) is 0.636. The molecule has 1 fully saturated rings. The van der Waals surface area contributed by atoms with Crippen molar-refractivity contribution in [1.29, 1.82) is 0 Å². The van der Waals surface area contributed by atoms with Crippen LogP contribution in [0.25, 0.3) is 0 Å². The molecule has 0 radical (unpaired) electrons. The van der Waals surface area contributed by atoms with Crippen molar-refractivity contribution in [2.45, 2.75) is 38.5 Å². The Balaban J connectivity index is 2.12. The van der Waals surface area contributed by atoms with Gasteiger partial charge in [-0.3, -0.25) is 4.79 Å². The van der Waals surface area contributed by atoms with Crippen LogP contribution in [0.3, 0.4) is 0 Å². The molecule has 1 aromatic heterocycles. The standard InChI is InChI=1S/C11H16N2O/c1-8-2-4-9(5-3-8)11-12-7-6-10(14)13-11/h6-9H,2-5H2,1H3,(H,12,13,14). The molecule has 3 heteroatoms. The number of aromatic nitrogens is 2. The van der Waals surface area contributed by atoms with E-state index in [1.54, 1.807) is 6.20 Å². The molecular formula is C11H16N2O. The molecule has 0 spiro atoms. The Hall–Kier alpha value is -1.12. The second-order valence-electron chi connectivity index (χ2n) is 4.28. The number of hydrogen-bond acceptors (Lipinski definition) is 2. The van der Waals surface area contributed by atoms with Crippen LogP contribution in [0.2, 0.25) is 0 Å².